The van der Waals surface area contributed by atoms with E-state index in [0.29, 0.717) is 18.5 Å². The minimum atomic E-state index is -0.0411. The molecule has 1 amide bonds. The summed E-state index contributed by atoms with van der Waals surface area (Å²) >= 11 is 0. The third-order valence-corrected chi connectivity index (χ3v) is 5.47. The number of H-pyrrole nitrogens is 1. The number of nitrogens with one attached hydrogen (secondary N) is 1. The highest BCUT2D eigenvalue weighted by molar-refractivity contribution is 5.98. The van der Waals surface area contributed by atoms with Crippen molar-refractivity contribution in [3.05, 3.63) is 71.9 Å². The van der Waals surface area contributed by atoms with Gasteiger partial charge in [-0.25, -0.2) is 0 Å². The number of rotatable bonds is 5. The molecule has 1 aliphatic rings. The number of amides is 1. The van der Waals surface area contributed by atoms with Gasteiger partial charge in [0.25, 0.3) is 5.91 Å². The first-order valence-corrected chi connectivity index (χ1v) is 9.64. The molecule has 1 N–H and O–H groups in total. The monoisotopic (exact) mass is 360 g/mol. The van der Waals surface area contributed by atoms with E-state index < -0.39 is 0 Å². The second-order valence-corrected chi connectivity index (χ2v) is 7.32. The molecule has 27 heavy (non-hydrogen) atoms. The average molecular weight is 360 g/mol. The van der Waals surface area contributed by atoms with Crippen LogP contribution in [0.1, 0.15) is 35.2 Å². The number of ketones is 1. The number of Topliss-reactive ketones (excluding diaryl/α,β-unsaturated/α-hetero) is 1. The number of hydrogen-bond acceptors (Lipinski definition) is 2. The molecular formula is C23H24N2O2. The van der Waals surface area contributed by atoms with Crippen LogP contribution in [0.25, 0.3) is 10.9 Å². The molecule has 4 nitrogen and oxygen atoms in total. The Balaban J connectivity index is 1.39. The summed E-state index contributed by atoms with van der Waals surface area (Å²) in [6, 6.07) is 17.8. The Labute approximate surface area is 159 Å². The number of carbonyl (C=O) groups excluding carboxylic acids is 2. The van der Waals surface area contributed by atoms with E-state index in [9.17, 15) is 9.59 Å². The number of nitrogens with zero attached hydrogens (tertiary/aromatic N) is 1. The fourth-order valence-corrected chi connectivity index (χ4v) is 3.90. The highest BCUT2D eigenvalue weighted by Gasteiger charge is 2.28. The van der Waals surface area contributed by atoms with Crippen molar-refractivity contribution in [2.24, 2.45) is 5.92 Å². The van der Waals surface area contributed by atoms with Gasteiger partial charge < -0.3 is 9.88 Å². The van der Waals surface area contributed by atoms with E-state index >= 15 is 0 Å². The number of fused-ring (bicyclic) bond motifs is 1. The lowest BCUT2D eigenvalue weighted by Gasteiger charge is -2.32. The first-order valence-electron chi connectivity index (χ1n) is 9.64. The molecule has 0 bridgehead atoms. The van der Waals surface area contributed by atoms with Crippen LogP contribution >= 0.6 is 0 Å². The Kier molecular flexibility index (Phi) is 5.05. The van der Waals surface area contributed by atoms with Crippen LogP contribution in [0.15, 0.2) is 60.8 Å². The molecule has 2 aromatic carbocycles. The lowest BCUT2D eigenvalue weighted by molar-refractivity contribution is -0.124. The second kappa shape index (κ2) is 7.78. The van der Waals surface area contributed by atoms with E-state index in [1.165, 1.54) is 5.56 Å². The van der Waals surface area contributed by atoms with Gasteiger partial charge >= 0.3 is 0 Å². The van der Waals surface area contributed by atoms with E-state index in [4.69, 9.17) is 0 Å². The molecule has 1 aliphatic heterocycles. The molecule has 1 atom stereocenters. The van der Waals surface area contributed by atoms with Crippen LogP contribution in [0.4, 0.5) is 0 Å². The zero-order valence-corrected chi connectivity index (χ0v) is 15.4. The lowest BCUT2D eigenvalue weighted by Crippen LogP contribution is -2.42. The maximum absolute atomic E-state index is 12.9. The number of likely N-dealkylation sites (tertiary alicyclic amines) is 1. The maximum Gasteiger partial charge on any atom is 0.253 e. The van der Waals surface area contributed by atoms with Gasteiger partial charge in [0.2, 0.25) is 0 Å². The zero-order chi connectivity index (χ0) is 18.6. The van der Waals surface area contributed by atoms with Crippen molar-refractivity contribution >= 4 is 22.6 Å². The summed E-state index contributed by atoms with van der Waals surface area (Å²) < 4.78 is 0. The van der Waals surface area contributed by atoms with Crippen molar-refractivity contribution in [3.63, 3.8) is 0 Å². The van der Waals surface area contributed by atoms with Crippen LogP contribution in [0.5, 0.6) is 0 Å². The largest absolute Gasteiger partial charge is 0.361 e. The Morgan fingerprint density at radius 3 is 2.78 bits per heavy atom. The summed E-state index contributed by atoms with van der Waals surface area (Å²) in [4.78, 5) is 30.6. The molecule has 3 aromatic rings. The van der Waals surface area contributed by atoms with Crippen molar-refractivity contribution < 1.29 is 9.59 Å². The van der Waals surface area contributed by atoms with Gasteiger partial charge in [0.1, 0.15) is 5.78 Å². The number of benzene rings is 2. The molecule has 0 radical (unpaired) electrons. The highest BCUT2D eigenvalue weighted by atomic mass is 16.2. The van der Waals surface area contributed by atoms with E-state index in [0.717, 1.165) is 36.7 Å². The molecule has 0 aliphatic carbocycles. The van der Waals surface area contributed by atoms with Gasteiger partial charge in [0, 0.05) is 42.7 Å². The molecular weight excluding hydrogens is 336 g/mol. The summed E-state index contributed by atoms with van der Waals surface area (Å²) in [5, 5.41) is 1.10. The molecule has 4 heteroatoms. The summed E-state index contributed by atoms with van der Waals surface area (Å²) in [6.07, 6.45) is 4.96. The predicted molar refractivity (Wildman–Crippen MR) is 107 cm³/mol. The molecule has 1 saturated heterocycles. The van der Waals surface area contributed by atoms with E-state index in [1.54, 1.807) is 0 Å². The molecule has 4 rings (SSSR count). The van der Waals surface area contributed by atoms with Crippen molar-refractivity contribution in [3.8, 4) is 0 Å². The fourth-order valence-electron chi connectivity index (χ4n) is 3.90. The third-order valence-electron chi connectivity index (χ3n) is 5.47. The molecule has 1 fully saturated rings. The minimum absolute atomic E-state index is 0.0204. The SMILES string of the molecule is O=C(CCc1ccccc1)[C@@H]1CCCN(C(=O)c2ccc3cc[nH]c3c2)C1. The highest BCUT2D eigenvalue weighted by Crippen LogP contribution is 2.22. The number of piperidine rings is 1. The molecule has 2 heterocycles. The predicted octanol–water partition coefficient (Wildman–Crippen LogP) is 4.22. The van der Waals surface area contributed by atoms with Crippen LogP contribution in [-0.2, 0) is 11.2 Å². The van der Waals surface area contributed by atoms with E-state index in [2.05, 4.69) is 17.1 Å². The number of aromatic nitrogens is 1. The quantitative estimate of drug-likeness (QED) is 0.740. The lowest BCUT2D eigenvalue weighted by atomic mass is 9.90. The second-order valence-electron chi connectivity index (χ2n) is 7.32. The number of carbonyl (C=O) groups is 2. The first-order chi connectivity index (χ1) is 13.2. The van der Waals surface area contributed by atoms with Gasteiger partial charge in [0.15, 0.2) is 0 Å². The van der Waals surface area contributed by atoms with E-state index in [1.807, 2.05) is 53.6 Å². The number of aryl methyl sites for hydroxylation is 1. The first kappa shape index (κ1) is 17.5. The van der Waals surface area contributed by atoms with Crippen molar-refractivity contribution in [2.75, 3.05) is 13.1 Å². The molecule has 1 aromatic heterocycles. The Morgan fingerprint density at radius 1 is 1.07 bits per heavy atom. The third kappa shape index (κ3) is 3.95. The zero-order valence-electron chi connectivity index (χ0n) is 15.4. The standard InChI is InChI=1S/C23H24N2O2/c26-22(11-8-17-5-2-1-3-6-17)20-7-4-14-25(16-20)23(27)19-10-9-18-12-13-24-21(18)15-19/h1-3,5-6,9-10,12-13,15,20,24H,4,7-8,11,14,16H2/t20-/m1/s1. The van der Waals surface area contributed by atoms with Crippen LogP contribution in [0, 0.1) is 5.92 Å². The number of aromatic amines is 1. The topological polar surface area (TPSA) is 53.2 Å². The molecule has 138 valence electrons. The summed E-state index contributed by atoms with van der Waals surface area (Å²) in [5.41, 5.74) is 2.84. The van der Waals surface area contributed by atoms with Gasteiger partial charge in [-0.3, -0.25) is 9.59 Å². The van der Waals surface area contributed by atoms with Gasteiger partial charge in [-0.05, 0) is 48.4 Å². The van der Waals surface area contributed by atoms with Crippen molar-refractivity contribution in [1.82, 2.24) is 9.88 Å². The summed E-state index contributed by atoms with van der Waals surface area (Å²) in [6.45, 7) is 1.26. The average Bonchev–Trinajstić information content (AvgIpc) is 3.20. The fraction of sp³-hybridized carbons (Fsp3) is 0.304. The Hall–Kier alpha value is -2.88. The molecule has 0 unspecified atom stereocenters. The van der Waals surface area contributed by atoms with Crippen LogP contribution in [-0.4, -0.2) is 34.7 Å². The number of hydrogen-bond donors (Lipinski definition) is 1. The summed E-state index contributed by atoms with van der Waals surface area (Å²) in [7, 11) is 0. The normalized spacial score (nSPS) is 17.2. The van der Waals surface area contributed by atoms with Crippen molar-refractivity contribution in [2.45, 2.75) is 25.7 Å². The van der Waals surface area contributed by atoms with Crippen LogP contribution in [0.3, 0.4) is 0 Å². The van der Waals surface area contributed by atoms with Gasteiger partial charge in [-0.1, -0.05) is 36.4 Å². The Bertz CT molecular complexity index is 945. The minimum Gasteiger partial charge on any atom is -0.361 e. The van der Waals surface area contributed by atoms with Gasteiger partial charge in [0.05, 0.1) is 0 Å². The maximum atomic E-state index is 12.9. The van der Waals surface area contributed by atoms with Crippen LogP contribution < -0.4 is 0 Å². The Morgan fingerprint density at radius 2 is 1.93 bits per heavy atom. The summed E-state index contributed by atoms with van der Waals surface area (Å²) in [5.74, 6) is 0.254. The van der Waals surface area contributed by atoms with Crippen molar-refractivity contribution in [1.29, 1.82) is 0 Å². The smallest absolute Gasteiger partial charge is 0.253 e. The van der Waals surface area contributed by atoms with E-state index in [-0.39, 0.29) is 17.6 Å². The molecule has 0 saturated carbocycles. The van der Waals surface area contributed by atoms with Crippen LogP contribution in [0.2, 0.25) is 0 Å². The van der Waals surface area contributed by atoms with Gasteiger partial charge in [-0.2, -0.15) is 0 Å². The molecule has 0 spiro atoms. The van der Waals surface area contributed by atoms with Gasteiger partial charge in [-0.15, -0.1) is 0 Å².